The van der Waals surface area contributed by atoms with Crippen molar-refractivity contribution in [2.24, 2.45) is 50.2 Å². The summed E-state index contributed by atoms with van der Waals surface area (Å²) in [6, 6.07) is 0. The number of carbonyl (C=O) groups is 2. The molecule has 5 aliphatic carbocycles. The molecule has 450 valence electrons. The van der Waals surface area contributed by atoms with Crippen LogP contribution in [-0.4, -0.2) is 216 Å². The molecule has 0 bridgehead atoms. The van der Waals surface area contributed by atoms with Crippen molar-refractivity contribution >= 4 is 11.9 Å². The highest BCUT2D eigenvalue weighted by Crippen LogP contribution is 2.76. The van der Waals surface area contributed by atoms with Crippen molar-refractivity contribution in [3.63, 3.8) is 0 Å². The van der Waals surface area contributed by atoms with E-state index >= 15 is 0 Å². The van der Waals surface area contributed by atoms with E-state index < -0.39 is 193 Å². The SMILES string of the molecule is C/C=C(/C)C(=O)O[C@H]1[C@H](OC(=O)/C(C)=C\C)[C@]2(CO)[C@H](O)[C@H](O)[C@]3(C)C(=CC[C@@H]4[C@@]5(C)CC[C@H](O[C@@H]6O[C@H](CO[C@@H]7O[C@H](CO)[C@@H](O)[C@H](O)[C@H]7O)[C@@H](O)[C@H](O)[C@H]6O[C@@H]6O[C@@H](CO)[C@H](O)[C@H]6O)C(C)(C)[C@@H]5CC[C@]43C)[C@@H]2CC1(C)C. The molecule has 4 saturated carbocycles. The van der Waals surface area contributed by atoms with E-state index in [4.69, 9.17) is 37.9 Å². The summed E-state index contributed by atoms with van der Waals surface area (Å²) in [6.45, 7) is 18.4. The molecule has 12 N–H and O–H groups in total. The van der Waals surface area contributed by atoms with Crippen LogP contribution in [0.1, 0.15) is 115 Å². The number of esters is 2. The Morgan fingerprint density at radius 1 is 0.633 bits per heavy atom. The highest BCUT2D eigenvalue weighted by molar-refractivity contribution is 5.88. The summed E-state index contributed by atoms with van der Waals surface area (Å²) >= 11 is 0. The maximum atomic E-state index is 13.8. The third kappa shape index (κ3) is 9.93. The lowest BCUT2D eigenvalue weighted by Gasteiger charge is -2.73. The minimum atomic E-state index is -1.82. The van der Waals surface area contributed by atoms with Gasteiger partial charge in [0.25, 0.3) is 0 Å². The number of fused-ring (bicyclic) bond motifs is 7. The van der Waals surface area contributed by atoms with Gasteiger partial charge in [-0.1, -0.05) is 72.3 Å². The summed E-state index contributed by atoms with van der Waals surface area (Å²) in [5, 5.41) is 134. The van der Waals surface area contributed by atoms with Gasteiger partial charge in [-0.15, -0.1) is 0 Å². The van der Waals surface area contributed by atoms with E-state index in [1.165, 1.54) is 0 Å². The minimum absolute atomic E-state index is 0.0647. The first kappa shape index (κ1) is 62.5. The average Bonchev–Trinajstić information content (AvgIpc) is 1.91. The normalized spacial score (nSPS) is 49.6. The van der Waals surface area contributed by atoms with Crippen LogP contribution in [0.25, 0.3) is 0 Å². The lowest BCUT2D eigenvalue weighted by atomic mass is 9.32. The second-order valence-corrected chi connectivity index (χ2v) is 26.0. The molecule has 0 aromatic rings. The van der Waals surface area contributed by atoms with Crippen LogP contribution in [0, 0.1) is 50.2 Å². The lowest BCUT2D eigenvalue weighted by molar-refractivity contribution is -0.365. The van der Waals surface area contributed by atoms with Gasteiger partial charge in [-0.25, -0.2) is 9.59 Å². The fraction of sp³-hybridized carbons (Fsp3) is 0.860. The summed E-state index contributed by atoms with van der Waals surface area (Å²) in [6.07, 6.45) is -20.1. The van der Waals surface area contributed by atoms with Crippen LogP contribution in [-0.2, 0) is 47.5 Å². The van der Waals surface area contributed by atoms with Crippen molar-refractivity contribution in [1.29, 1.82) is 0 Å². The van der Waals surface area contributed by atoms with Gasteiger partial charge < -0.3 is 99.2 Å². The summed E-state index contributed by atoms with van der Waals surface area (Å²) in [5.41, 5.74) is -3.99. The van der Waals surface area contributed by atoms with Crippen LogP contribution < -0.4 is 0 Å². The number of rotatable bonds is 14. The van der Waals surface area contributed by atoms with Gasteiger partial charge in [0.15, 0.2) is 25.0 Å². The molecule has 3 saturated heterocycles. The number of allylic oxidation sites excluding steroid dienone is 3. The molecule has 22 heteroatoms. The molecule has 3 aliphatic heterocycles. The van der Waals surface area contributed by atoms with Crippen LogP contribution in [0.15, 0.2) is 34.9 Å². The van der Waals surface area contributed by atoms with Crippen LogP contribution in [0.4, 0.5) is 0 Å². The Labute approximate surface area is 462 Å². The Morgan fingerprint density at radius 2 is 1.18 bits per heavy atom. The third-order valence-electron chi connectivity index (χ3n) is 21.4. The van der Waals surface area contributed by atoms with Gasteiger partial charge in [0.1, 0.15) is 73.2 Å². The number of aliphatic hydroxyl groups excluding tert-OH is 12. The van der Waals surface area contributed by atoms with Crippen molar-refractivity contribution in [3.05, 3.63) is 34.9 Å². The molecule has 0 unspecified atom stereocenters. The van der Waals surface area contributed by atoms with Crippen molar-refractivity contribution < 1.29 is 109 Å². The van der Waals surface area contributed by atoms with E-state index in [0.29, 0.717) is 44.1 Å². The Balaban J connectivity index is 1.10. The second-order valence-electron chi connectivity index (χ2n) is 26.0. The molecule has 7 fully saturated rings. The first-order valence-corrected chi connectivity index (χ1v) is 28.2. The highest BCUT2D eigenvalue weighted by atomic mass is 16.8. The van der Waals surface area contributed by atoms with Crippen LogP contribution in [0.5, 0.6) is 0 Å². The van der Waals surface area contributed by atoms with E-state index in [0.717, 1.165) is 5.57 Å². The minimum Gasteiger partial charge on any atom is -0.454 e. The maximum absolute atomic E-state index is 13.8. The van der Waals surface area contributed by atoms with Crippen molar-refractivity contribution in [1.82, 2.24) is 0 Å². The largest absolute Gasteiger partial charge is 0.454 e. The molecule has 3 heterocycles. The predicted molar refractivity (Wildman–Crippen MR) is 276 cm³/mol. The number of hydrogen-bond acceptors (Lipinski definition) is 22. The van der Waals surface area contributed by atoms with Crippen molar-refractivity contribution in [2.45, 2.75) is 231 Å². The van der Waals surface area contributed by atoms with Gasteiger partial charge >= 0.3 is 11.9 Å². The van der Waals surface area contributed by atoms with Crippen LogP contribution in [0.3, 0.4) is 0 Å². The molecule has 22 nitrogen and oxygen atoms in total. The number of hydrogen-bond donors (Lipinski definition) is 12. The smallest absolute Gasteiger partial charge is 0.333 e. The maximum Gasteiger partial charge on any atom is 0.333 e. The number of carbonyl (C=O) groups excluding carboxylic acids is 2. The Kier molecular flexibility index (Phi) is 18.0. The molecule has 26 atom stereocenters. The molecule has 0 aromatic heterocycles. The lowest BCUT2D eigenvalue weighted by Crippen LogP contribution is -2.76. The van der Waals surface area contributed by atoms with Crippen LogP contribution >= 0.6 is 0 Å². The number of ether oxygens (including phenoxy) is 8. The fourth-order valence-corrected chi connectivity index (χ4v) is 16.2. The van der Waals surface area contributed by atoms with E-state index in [-0.39, 0.29) is 17.4 Å². The van der Waals surface area contributed by atoms with E-state index in [1.807, 2.05) is 20.8 Å². The van der Waals surface area contributed by atoms with Gasteiger partial charge in [0.2, 0.25) is 0 Å². The molecular formula is C57H90O22. The average molecular weight is 1130 g/mol. The highest BCUT2D eigenvalue weighted by Gasteiger charge is 2.76. The summed E-state index contributed by atoms with van der Waals surface area (Å²) in [7, 11) is 0. The van der Waals surface area contributed by atoms with Crippen LogP contribution in [0.2, 0.25) is 0 Å². The van der Waals surface area contributed by atoms with E-state index in [2.05, 4.69) is 33.8 Å². The van der Waals surface area contributed by atoms with Crippen molar-refractivity contribution in [3.8, 4) is 0 Å². The Bertz CT molecular complexity index is 2300. The first-order chi connectivity index (χ1) is 36.9. The topological polar surface area (TPSA) is 351 Å². The molecule has 0 amide bonds. The van der Waals surface area contributed by atoms with Gasteiger partial charge in [-0.05, 0) is 100 Å². The Hall–Kier alpha value is -2.56. The summed E-state index contributed by atoms with van der Waals surface area (Å²) in [5.74, 6) is -2.14. The molecule has 0 spiro atoms. The zero-order chi connectivity index (χ0) is 58.4. The zero-order valence-corrected chi connectivity index (χ0v) is 47.5. The fourth-order valence-electron chi connectivity index (χ4n) is 16.2. The molecule has 79 heavy (non-hydrogen) atoms. The monoisotopic (exact) mass is 1130 g/mol. The summed E-state index contributed by atoms with van der Waals surface area (Å²) < 4.78 is 48.9. The summed E-state index contributed by atoms with van der Waals surface area (Å²) in [4.78, 5) is 27.4. The number of aliphatic hydroxyl groups is 12. The second kappa shape index (κ2) is 22.8. The zero-order valence-electron chi connectivity index (χ0n) is 47.5. The van der Waals surface area contributed by atoms with Crippen molar-refractivity contribution in [2.75, 3.05) is 26.4 Å². The quantitative estimate of drug-likeness (QED) is 0.0477. The molecule has 8 rings (SSSR count). The first-order valence-electron chi connectivity index (χ1n) is 28.2. The molecular weight excluding hydrogens is 1040 g/mol. The molecule has 0 radical (unpaired) electrons. The third-order valence-corrected chi connectivity index (χ3v) is 21.4. The van der Waals surface area contributed by atoms with Gasteiger partial charge in [-0.2, -0.15) is 0 Å². The standard InChI is InChI=1S/C57H90O22/c1-12-25(3)47(70)78-45-46(79-48(71)26(4)13-2)57(24-60)28(20-52(45,5)6)27-14-15-33-54(9)18-17-34(53(7,8)32(54)16-19-55(33,10)56(27,11)43(68)44(57)69)76-51-42(77-50-40(66)36(62)30(22-59)74-50)39(65)37(63)31(75-51)23-72-49-41(67)38(64)35(61)29(21-58)73-49/h12-14,28-46,49-51,58-69H,15-24H2,1-11H3/b25-12-,26-13-/t28-,29+,30-,31+,32-,33+,34-,35+,36-,37+,38-,39-,40+,41+,42+,43-,44+,45-,46-,49+,50-,51-,54-,55+,56-,57-/m0/s1. The Morgan fingerprint density at radius 3 is 1.76 bits per heavy atom. The van der Waals surface area contributed by atoms with Gasteiger partial charge in [-0.3, -0.25) is 0 Å². The molecule has 8 aliphatic rings. The van der Waals surface area contributed by atoms with E-state index in [1.54, 1.807) is 39.8 Å². The predicted octanol–water partition coefficient (Wildman–Crippen LogP) is 0.170. The van der Waals surface area contributed by atoms with Gasteiger partial charge in [0, 0.05) is 22.0 Å². The molecule has 0 aromatic carbocycles. The van der Waals surface area contributed by atoms with E-state index in [9.17, 15) is 70.9 Å². The van der Waals surface area contributed by atoms with Gasteiger partial charge in [0.05, 0.1) is 50.2 Å².